The van der Waals surface area contributed by atoms with Gasteiger partial charge in [-0.05, 0) is 61.6 Å². The second kappa shape index (κ2) is 11.3. The highest BCUT2D eigenvalue weighted by Gasteiger charge is 2.25. The van der Waals surface area contributed by atoms with Gasteiger partial charge in [-0.1, -0.05) is 170 Å². The zero-order valence-electron chi connectivity index (χ0n) is 25.8. The van der Waals surface area contributed by atoms with Crippen molar-refractivity contribution in [1.29, 1.82) is 0 Å². The first-order valence-corrected chi connectivity index (χ1v) is 16.2. The van der Waals surface area contributed by atoms with Crippen LogP contribution in [0.5, 0.6) is 0 Å². The predicted molar refractivity (Wildman–Crippen MR) is 202 cm³/mol. The highest BCUT2D eigenvalue weighted by atomic mass is 15.2. The molecule has 0 aromatic heterocycles. The van der Waals surface area contributed by atoms with Gasteiger partial charge < -0.3 is 4.90 Å². The van der Waals surface area contributed by atoms with Crippen LogP contribution in [-0.2, 0) is 0 Å². The third-order valence-corrected chi connectivity index (χ3v) is 9.40. The van der Waals surface area contributed by atoms with Crippen LogP contribution in [0, 0.1) is 0 Å². The quantitative estimate of drug-likeness (QED) is 0.178. The summed E-state index contributed by atoms with van der Waals surface area (Å²) >= 11 is 0. The summed E-state index contributed by atoms with van der Waals surface area (Å²) in [6.45, 7) is 0. The van der Waals surface area contributed by atoms with Crippen molar-refractivity contribution in [3.63, 3.8) is 0 Å². The van der Waals surface area contributed by atoms with E-state index in [0.29, 0.717) is 0 Å². The number of nitrogens with zero attached hydrogens (tertiary/aromatic N) is 1. The van der Waals surface area contributed by atoms with E-state index in [2.05, 4.69) is 193 Å². The fourth-order valence-electron chi connectivity index (χ4n) is 7.30. The van der Waals surface area contributed by atoms with Crippen LogP contribution in [0.15, 0.2) is 188 Å². The smallest absolute Gasteiger partial charge is 0.0618 e. The van der Waals surface area contributed by atoms with Gasteiger partial charge in [0.15, 0.2) is 0 Å². The second-order valence-corrected chi connectivity index (χ2v) is 12.1. The van der Waals surface area contributed by atoms with Gasteiger partial charge in [-0.25, -0.2) is 0 Å². The molecule has 0 aliphatic carbocycles. The summed E-state index contributed by atoms with van der Waals surface area (Å²) in [6.07, 6.45) is 0. The Labute approximate surface area is 274 Å². The molecule has 0 unspecified atom stereocenters. The van der Waals surface area contributed by atoms with Gasteiger partial charge in [-0.3, -0.25) is 0 Å². The molecule has 9 aromatic carbocycles. The molecule has 0 radical (unpaired) electrons. The lowest BCUT2D eigenvalue weighted by molar-refractivity contribution is 1.32. The van der Waals surface area contributed by atoms with Gasteiger partial charge in [-0.2, -0.15) is 0 Å². The summed E-state index contributed by atoms with van der Waals surface area (Å²) in [4.78, 5) is 2.54. The molecule has 1 heteroatoms. The lowest BCUT2D eigenvalue weighted by Crippen LogP contribution is -2.14. The van der Waals surface area contributed by atoms with Gasteiger partial charge in [-0.15, -0.1) is 0 Å². The minimum absolute atomic E-state index is 1.14. The van der Waals surface area contributed by atoms with E-state index < -0.39 is 0 Å². The van der Waals surface area contributed by atoms with Crippen molar-refractivity contribution in [2.45, 2.75) is 0 Å². The summed E-state index contributed by atoms with van der Waals surface area (Å²) in [5, 5.41) is 9.79. The van der Waals surface area contributed by atoms with Crippen molar-refractivity contribution < 1.29 is 0 Å². The molecule has 0 saturated heterocycles. The maximum absolute atomic E-state index is 2.54. The molecule has 9 rings (SSSR count). The fraction of sp³-hybridized carbons (Fsp3) is 0. The van der Waals surface area contributed by atoms with E-state index >= 15 is 0 Å². The topological polar surface area (TPSA) is 3.24 Å². The summed E-state index contributed by atoms with van der Waals surface area (Å²) in [7, 11) is 0. The number of anilines is 3. The van der Waals surface area contributed by atoms with Crippen LogP contribution in [0.3, 0.4) is 0 Å². The maximum Gasteiger partial charge on any atom is 0.0618 e. The zero-order valence-corrected chi connectivity index (χ0v) is 25.8. The highest BCUT2D eigenvalue weighted by Crippen LogP contribution is 2.51. The van der Waals surface area contributed by atoms with E-state index in [1.54, 1.807) is 0 Å². The summed E-state index contributed by atoms with van der Waals surface area (Å²) in [5.41, 5.74) is 8.27. The molecule has 0 saturated carbocycles. The van der Waals surface area contributed by atoms with Crippen molar-refractivity contribution in [2.24, 2.45) is 0 Å². The van der Waals surface area contributed by atoms with Crippen molar-refractivity contribution >= 4 is 60.2 Å². The van der Waals surface area contributed by atoms with E-state index in [-0.39, 0.29) is 0 Å². The maximum atomic E-state index is 2.54. The van der Waals surface area contributed by atoms with Crippen molar-refractivity contribution in [1.82, 2.24) is 0 Å². The van der Waals surface area contributed by atoms with Crippen LogP contribution < -0.4 is 4.90 Å². The zero-order chi connectivity index (χ0) is 31.2. The van der Waals surface area contributed by atoms with E-state index in [4.69, 9.17) is 0 Å². The molecular weight excluding hydrogens is 567 g/mol. The molecule has 47 heavy (non-hydrogen) atoms. The summed E-state index contributed by atoms with van der Waals surface area (Å²) < 4.78 is 0. The molecule has 0 heterocycles. The number of rotatable bonds is 5. The third kappa shape index (κ3) is 4.56. The van der Waals surface area contributed by atoms with Gasteiger partial charge in [0, 0.05) is 21.9 Å². The van der Waals surface area contributed by atoms with E-state index in [9.17, 15) is 0 Å². The van der Waals surface area contributed by atoms with Crippen molar-refractivity contribution in [3.8, 4) is 22.3 Å². The molecule has 0 aliphatic rings. The normalized spacial score (nSPS) is 11.4. The second-order valence-electron chi connectivity index (χ2n) is 12.1. The van der Waals surface area contributed by atoms with E-state index in [0.717, 1.165) is 11.4 Å². The Morgan fingerprint density at radius 2 is 0.809 bits per heavy atom. The van der Waals surface area contributed by atoms with Crippen LogP contribution in [-0.4, -0.2) is 0 Å². The monoisotopic (exact) mass is 597 g/mol. The fourth-order valence-corrected chi connectivity index (χ4v) is 7.30. The number of hydrogen-bond acceptors (Lipinski definition) is 1. The molecule has 1 nitrogen and oxygen atoms in total. The Balaban J connectivity index is 1.49. The Kier molecular flexibility index (Phi) is 6.54. The first-order chi connectivity index (χ1) is 23.3. The Morgan fingerprint density at radius 3 is 1.53 bits per heavy atom. The third-order valence-electron chi connectivity index (χ3n) is 9.40. The molecule has 0 atom stereocenters. The van der Waals surface area contributed by atoms with Crippen molar-refractivity contribution in [3.05, 3.63) is 188 Å². The Bertz CT molecular complexity index is 2520. The Hall–Kier alpha value is -6.18. The van der Waals surface area contributed by atoms with Crippen LogP contribution in [0.2, 0.25) is 0 Å². The molecule has 0 fully saturated rings. The average Bonchev–Trinajstić information content (AvgIpc) is 3.15. The van der Waals surface area contributed by atoms with Gasteiger partial charge in [0.2, 0.25) is 0 Å². The van der Waals surface area contributed by atoms with E-state index in [1.165, 1.54) is 71.0 Å². The summed E-state index contributed by atoms with van der Waals surface area (Å²) in [6, 6.07) is 68.4. The van der Waals surface area contributed by atoms with Crippen LogP contribution >= 0.6 is 0 Å². The Morgan fingerprint density at radius 1 is 0.298 bits per heavy atom. The molecule has 0 amide bonds. The lowest BCUT2D eigenvalue weighted by Gasteiger charge is -2.32. The minimum atomic E-state index is 1.14. The van der Waals surface area contributed by atoms with Gasteiger partial charge >= 0.3 is 0 Å². The summed E-state index contributed by atoms with van der Waals surface area (Å²) in [5.74, 6) is 0. The van der Waals surface area contributed by atoms with Crippen LogP contribution in [0.1, 0.15) is 0 Å². The first kappa shape index (κ1) is 27.2. The van der Waals surface area contributed by atoms with Crippen LogP contribution in [0.4, 0.5) is 17.1 Å². The molecule has 0 aliphatic heterocycles. The predicted octanol–water partition coefficient (Wildman–Crippen LogP) is 13.1. The molecular formula is C46H31N. The molecule has 0 N–H and O–H groups in total. The molecule has 0 spiro atoms. The number of fused-ring (bicyclic) bond motifs is 4. The SMILES string of the molecule is c1ccc(-c2ccccc2N(c2ccc3ccccc3c2-c2cccc3ccccc23)c2c3ccccc3cc3ccccc23)cc1. The van der Waals surface area contributed by atoms with Gasteiger partial charge in [0.25, 0.3) is 0 Å². The van der Waals surface area contributed by atoms with E-state index in [1.807, 2.05) is 0 Å². The minimum Gasteiger partial charge on any atom is -0.308 e. The standard InChI is InChI=1S/C46H31N/c1-2-15-33(16-3-1)38-23-12-13-28-43(38)47(46-40-25-10-6-19-35(40)31-36-20-7-11-26-41(36)46)44-30-29-34-18-5-9-24-39(34)45(44)42-27-14-21-32-17-4-8-22-37(32)42/h1-31H. The molecule has 0 bridgehead atoms. The molecule has 9 aromatic rings. The number of hydrogen-bond donors (Lipinski definition) is 0. The number of para-hydroxylation sites is 1. The highest BCUT2D eigenvalue weighted by molar-refractivity contribution is 6.18. The largest absolute Gasteiger partial charge is 0.308 e. The van der Waals surface area contributed by atoms with Crippen LogP contribution in [0.25, 0.3) is 65.3 Å². The van der Waals surface area contributed by atoms with Gasteiger partial charge in [0.1, 0.15) is 0 Å². The number of benzene rings is 9. The van der Waals surface area contributed by atoms with Gasteiger partial charge in [0.05, 0.1) is 17.1 Å². The lowest BCUT2D eigenvalue weighted by atomic mass is 9.90. The molecule has 220 valence electrons. The van der Waals surface area contributed by atoms with Crippen molar-refractivity contribution in [2.75, 3.05) is 4.90 Å². The average molecular weight is 598 g/mol. The first-order valence-electron chi connectivity index (χ1n) is 16.2.